The molecule has 3 aliphatic rings. The molecular weight excluding hydrogens is 298 g/mol. The highest BCUT2D eigenvalue weighted by molar-refractivity contribution is 4.80. The van der Waals surface area contributed by atoms with Gasteiger partial charge in [-0.05, 0) is 98.1 Å². The molecule has 0 aliphatic carbocycles. The Balaban J connectivity index is 1.29. The van der Waals surface area contributed by atoms with E-state index in [0.717, 1.165) is 25.0 Å². The van der Waals surface area contributed by atoms with Gasteiger partial charge in [0.15, 0.2) is 0 Å². The molecule has 4 nitrogen and oxygen atoms in total. The molecular formula is C20H39N3O. The van der Waals surface area contributed by atoms with E-state index in [1.807, 2.05) is 0 Å². The molecule has 3 unspecified atom stereocenters. The van der Waals surface area contributed by atoms with Gasteiger partial charge < -0.3 is 14.5 Å². The number of likely N-dealkylation sites (tertiary alicyclic amines) is 2. The van der Waals surface area contributed by atoms with E-state index in [4.69, 9.17) is 4.74 Å². The molecule has 3 atom stereocenters. The number of morpholine rings is 1. The second kappa shape index (κ2) is 8.98. The van der Waals surface area contributed by atoms with Crippen LogP contribution in [0.4, 0.5) is 0 Å². The second-order valence-electron chi connectivity index (χ2n) is 8.66. The molecule has 0 spiro atoms. The monoisotopic (exact) mass is 337 g/mol. The molecule has 4 heteroatoms. The lowest BCUT2D eigenvalue weighted by molar-refractivity contribution is -0.0693. The van der Waals surface area contributed by atoms with Crippen molar-refractivity contribution in [3.05, 3.63) is 0 Å². The van der Waals surface area contributed by atoms with Crippen LogP contribution in [0.15, 0.2) is 0 Å². The van der Waals surface area contributed by atoms with Crippen molar-refractivity contribution in [2.75, 3.05) is 52.9 Å². The molecule has 0 aromatic rings. The van der Waals surface area contributed by atoms with E-state index >= 15 is 0 Å². The number of rotatable bonds is 6. The minimum Gasteiger partial charge on any atom is -0.373 e. The Morgan fingerprint density at radius 2 is 1.50 bits per heavy atom. The fourth-order valence-electron chi connectivity index (χ4n) is 5.01. The molecule has 3 saturated heterocycles. The summed E-state index contributed by atoms with van der Waals surface area (Å²) in [6.45, 7) is 13.2. The predicted octanol–water partition coefficient (Wildman–Crippen LogP) is 2.68. The average molecular weight is 338 g/mol. The van der Waals surface area contributed by atoms with Gasteiger partial charge in [0.05, 0.1) is 12.2 Å². The van der Waals surface area contributed by atoms with Crippen LogP contribution in [-0.2, 0) is 4.74 Å². The van der Waals surface area contributed by atoms with Crippen LogP contribution in [0.1, 0.15) is 52.4 Å². The van der Waals surface area contributed by atoms with E-state index < -0.39 is 0 Å². The summed E-state index contributed by atoms with van der Waals surface area (Å²) in [6, 6.07) is 0.855. The van der Waals surface area contributed by atoms with Gasteiger partial charge in [-0.2, -0.15) is 0 Å². The Labute approximate surface area is 149 Å². The summed E-state index contributed by atoms with van der Waals surface area (Å²) in [4.78, 5) is 7.92. The van der Waals surface area contributed by atoms with Gasteiger partial charge in [0, 0.05) is 19.1 Å². The van der Waals surface area contributed by atoms with Gasteiger partial charge in [-0.15, -0.1) is 0 Å². The zero-order valence-electron chi connectivity index (χ0n) is 16.3. The van der Waals surface area contributed by atoms with Crippen LogP contribution < -0.4 is 0 Å². The quantitative estimate of drug-likeness (QED) is 0.742. The molecule has 0 radical (unpaired) electrons. The molecule has 0 N–H and O–H groups in total. The highest BCUT2D eigenvalue weighted by Gasteiger charge is 2.25. The molecule has 0 aromatic carbocycles. The largest absolute Gasteiger partial charge is 0.373 e. The van der Waals surface area contributed by atoms with E-state index in [0.29, 0.717) is 12.2 Å². The van der Waals surface area contributed by atoms with E-state index in [1.165, 1.54) is 71.2 Å². The summed E-state index contributed by atoms with van der Waals surface area (Å²) in [5, 5.41) is 0. The molecule has 24 heavy (non-hydrogen) atoms. The number of hydrogen-bond acceptors (Lipinski definition) is 4. The maximum Gasteiger partial charge on any atom is 0.0678 e. The summed E-state index contributed by atoms with van der Waals surface area (Å²) in [7, 11) is 2.30. The first-order valence-electron chi connectivity index (χ1n) is 10.4. The predicted molar refractivity (Wildman–Crippen MR) is 100 cm³/mol. The lowest BCUT2D eigenvalue weighted by Crippen LogP contribution is -2.46. The summed E-state index contributed by atoms with van der Waals surface area (Å²) < 4.78 is 5.85. The number of piperidine rings is 1. The summed E-state index contributed by atoms with van der Waals surface area (Å²) >= 11 is 0. The van der Waals surface area contributed by atoms with Gasteiger partial charge in [0.2, 0.25) is 0 Å². The molecule has 3 aliphatic heterocycles. The third-order valence-electron chi connectivity index (χ3n) is 6.51. The van der Waals surface area contributed by atoms with Crippen LogP contribution in [0.25, 0.3) is 0 Å². The molecule has 3 fully saturated rings. The van der Waals surface area contributed by atoms with Crippen molar-refractivity contribution in [1.29, 1.82) is 0 Å². The highest BCUT2D eigenvalue weighted by atomic mass is 16.5. The Hall–Kier alpha value is -0.160. The summed E-state index contributed by atoms with van der Waals surface area (Å²) in [5.41, 5.74) is 0. The number of nitrogens with zero attached hydrogens (tertiary/aromatic N) is 3. The van der Waals surface area contributed by atoms with Crippen molar-refractivity contribution in [3.63, 3.8) is 0 Å². The van der Waals surface area contributed by atoms with E-state index in [-0.39, 0.29) is 0 Å². The van der Waals surface area contributed by atoms with Crippen LogP contribution >= 0.6 is 0 Å². The van der Waals surface area contributed by atoms with Gasteiger partial charge >= 0.3 is 0 Å². The third-order valence-corrected chi connectivity index (χ3v) is 6.51. The van der Waals surface area contributed by atoms with Crippen molar-refractivity contribution in [1.82, 2.24) is 14.7 Å². The lowest BCUT2D eigenvalue weighted by atomic mass is 9.93. The van der Waals surface area contributed by atoms with Crippen LogP contribution in [0.5, 0.6) is 0 Å². The Morgan fingerprint density at radius 1 is 0.833 bits per heavy atom. The van der Waals surface area contributed by atoms with E-state index in [1.54, 1.807) is 0 Å². The van der Waals surface area contributed by atoms with Crippen LogP contribution in [0, 0.1) is 5.92 Å². The first-order valence-corrected chi connectivity index (χ1v) is 10.4. The SMILES string of the molecule is CC1CN(CCC2CCN(CCC3CCCN3C)CC2)CC(C)O1. The van der Waals surface area contributed by atoms with Crippen molar-refractivity contribution >= 4 is 0 Å². The molecule has 0 aromatic heterocycles. The first kappa shape index (κ1) is 18.6. The Kier molecular flexibility index (Phi) is 6.97. The third kappa shape index (κ3) is 5.42. The normalized spacial score (nSPS) is 34.9. The molecule has 3 rings (SSSR count). The number of ether oxygens (including phenoxy) is 1. The zero-order valence-corrected chi connectivity index (χ0v) is 16.3. The van der Waals surface area contributed by atoms with Crippen LogP contribution in [0.2, 0.25) is 0 Å². The summed E-state index contributed by atoms with van der Waals surface area (Å²) in [6.07, 6.45) is 9.23. The lowest BCUT2D eigenvalue weighted by Gasteiger charge is -2.37. The van der Waals surface area contributed by atoms with Gasteiger partial charge in [-0.25, -0.2) is 0 Å². The average Bonchev–Trinajstić information content (AvgIpc) is 2.96. The molecule has 0 amide bonds. The first-order chi connectivity index (χ1) is 11.6. The maximum absolute atomic E-state index is 5.85. The topological polar surface area (TPSA) is 19.0 Å². The fourth-order valence-corrected chi connectivity index (χ4v) is 5.01. The Bertz CT molecular complexity index is 360. The van der Waals surface area contributed by atoms with Crippen LogP contribution in [-0.4, -0.2) is 85.8 Å². The highest BCUT2D eigenvalue weighted by Crippen LogP contribution is 2.24. The van der Waals surface area contributed by atoms with Gasteiger partial charge in [0.1, 0.15) is 0 Å². The molecule has 0 saturated carbocycles. The fraction of sp³-hybridized carbons (Fsp3) is 1.00. The van der Waals surface area contributed by atoms with E-state index in [2.05, 4.69) is 35.6 Å². The molecule has 3 heterocycles. The molecule has 140 valence electrons. The van der Waals surface area contributed by atoms with Gasteiger partial charge in [0.25, 0.3) is 0 Å². The molecule has 0 bridgehead atoms. The minimum atomic E-state index is 0.407. The second-order valence-corrected chi connectivity index (χ2v) is 8.66. The minimum absolute atomic E-state index is 0.407. The van der Waals surface area contributed by atoms with Crippen molar-refractivity contribution in [2.24, 2.45) is 5.92 Å². The van der Waals surface area contributed by atoms with Crippen molar-refractivity contribution < 1.29 is 4.74 Å². The van der Waals surface area contributed by atoms with Crippen molar-refractivity contribution in [3.8, 4) is 0 Å². The summed E-state index contributed by atoms with van der Waals surface area (Å²) in [5.74, 6) is 0.948. The zero-order chi connectivity index (χ0) is 16.9. The van der Waals surface area contributed by atoms with E-state index in [9.17, 15) is 0 Å². The number of hydrogen-bond donors (Lipinski definition) is 0. The standard InChI is InChI=1S/C20H39N3O/c1-17-15-23(16-18(2)24-17)13-8-19-6-11-22(12-7-19)14-9-20-5-4-10-21(20)3/h17-20H,4-16H2,1-3H3. The Morgan fingerprint density at radius 3 is 2.12 bits per heavy atom. The van der Waals surface area contributed by atoms with Gasteiger partial charge in [-0.3, -0.25) is 4.90 Å². The van der Waals surface area contributed by atoms with Gasteiger partial charge in [-0.1, -0.05) is 0 Å². The smallest absolute Gasteiger partial charge is 0.0678 e. The van der Waals surface area contributed by atoms with Crippen LogP contribution in [0.3, 0.4) is 0 Å². The maximum atomic E-state index is 5.85. The van der Waals surface area contributed by atoms with Crippen molar-refractivity contribution in [2.45, 2.75) is 70.6 Å².